The molecule has 0 aliphatic carbocycles. The molecular formula is C14H26N2O2. The molecule has 2 amide bonds. The summed E-state index contributed by atoms with van der Waals surface area (Å²) in [5.74, 6) is -0.177. The van der Waals surface area contributed by atoms with Gasteiger partial charge < -0.3 is 10.2 Å². The molecule has 0 aromatic heterocycles. The molecule has 0 aliphatic heterocycles. The van der Waals surface area contributed by atoms with Gasteiger partial charge in [0.15, 0.2) is 0 Å². The minimum atomic E-state index is -0.459. The first-order chi connectivity index (χ1) is 8.10. The number of carbonyl (C=O) groups is 2. The molecule has 4 nitrogen and oxygen atoms in total. The van der Waals surface area contributed by atoms with Crippen LogP contribution in [0.2, 0.25) is 0 Å². The highest BCUT2D eigenvalue weighted by Gasteiger charge is 2.31. The van der Waals surface area contributed by atoms with E-state index < -0.39 is 6.04 Å². The van der Waals surface area contributed by atoms with E-state index in [1.54, 1.807) is 11.0 Å². The van der Waals surface area contributed by atoms with Crippen molar-refractivity contribution in [3.8, 4) is 0 Å². The van der Waals surface area contributed by atoms with Gasteiger partial charge in [0.05, 0.1) is 0 Å². The van der Waals surface area contributed by atoms with Crippen molar-refractivity contribution >= 4 is 11.8 Å². The first-order valence-corrected chi connectivity index (χ1v) is 6.30. The van der Waals surface area contributed by atoms with Crippen LogP contribution in [0.3, 0.4) is 0 Å². The molecule has 1 atom stereocenters. The molecule has 0 saturated heterocycles. The molecule has 0 radical (unpaired) electrons. The van der Waals surface area contributed by atoms with Crippen molar-refractivity contribution in [2.75, 3.05) is 6.54 Å². The lowest BCUT2D eigenvalue weighted by molar-refractivity contribution is -0.140. The summed E-state index contributed by atoms with van der Waals surface area (Å²) in [4.78, 5) is 25.5. The third-order valence-electron chi connectivity index (χ3n) is 2.46. The summed E-state index contributed by atoms with van der Waals surface area (Å²) in [6.45, 7) is 15.1. The quantitative estimate of drug-likeness (QED) is 0.762. The number of carbonyl (C=O) groups excluding carboxylic acids is 2. The van der Waals surface area contributed by atoms with E-state index in [-0.39, 0.29) is 23.3 Å². The van der Waals surface area contributed by atoms with Crippen molar-refractivity contribution in [1.82, 2.24) is 10.2 Å². The minimum absolute atomic E-state index is 0.0520. The highest BCUT2D eigenvalue weighted by Crippen LogP contribution is 2.13. The summed E-state index contributed by atoms with van der Waals surface area (Å²) in [5.41, 5.74) is -0.305. The van der Waals surface area contributed by atoms with Crippen molar-refractivity contribution in [3.63, 3.8) is 0 Å². The van der Waals surface area contributed by atoms with Gasteiger partial charge in [-0.25, -0.2) is 0 Å². The van der Waals surface area contributed by atoms with Crippen LogP contribution in [-0.4, -0.2) is 34.8 Å². The summed E-state index contributed by atoms with van der Waals surface area (Å²) in [6.07, 6.45) is 1.64. The monoisotopic (exact) mass is 254 g/mol. The topological polar surface area (TPSA) is 49.4 Å². The molecule has 0 saturated carbocycles. The highest BCUT2D eigenvalue weighted by molar-refractivity contribution is 5.87. The van der Waals surface area contributed by atoms with Crippen molar-refractivity contribution in [1.29, 1.82) is 0 Å². The Balaban J connectivity index is 5.09. The van der Waals surface area contributed by atoms with Gasteiger partial charge in [-0.1, -0.05) is 19.9 Å². The molecule has 0 aromatic carbocycles. The molecule has 0 heterocycles. The molecule has 0 aliphatic rings. The van der Waals surface area contributed by atoms with Gasteiger partial charge in [0.25, 0.3) is 0 Å². The molecule has 0 aromatic rings. The largest absolute Gasteiger partial charge is 0.350 e. The van der Waals surface area contributed by atoms with Crippen LogP contribution < -0.4 is 5.32 Å². The van der Waals surface area contributed by atoms with Gasteiger partial charge in [-0.05, 0) is 26.7 Å². The summed E-state index contributed by atoms with van der Waals surface area (Å²) >= 11 is 0. The van der Waals surface area contributed by atoms with E-state index in [4.69, 9.17) is 0 Å². The van der Waals surface area contributed by atoms with Crippen LogP contribution in [0.15, 0.2) is 12.7 Å². The van der Waals surface area contributed by atoms with Crippen LogP contribution in [0.5, 0.6) is 0 Å². The van der Waals surface area contributed by atoms with Crippen molar-refractivity contribution in [3.05, 3.63) is 12.7 Å². The molecule has 0 bridgehead atoms. The van der Waals surface area contributed by atoms with E-state index in [9.17, 15) is 9.59 Å². The van der Waals surface area contributed by atoms with Gasteiger partial charge in [-0.15, -0.1) is 6.58 Å². The predicted molar refractivity (Wildman–Crippen MR) is 74.1 cm³/mol. The predicted octanol–water partition coefficient (Wildman–Crippen LogP) is 1.96. The number of nitrogens with zero attached hydrogens (tertiary/aromatic N) is 1. The maximum atomic E-state index is 12.3. The van der Waals surface area contributed by atoms with Crippen LogP contribution in [0.4, 0.5) is 0 Å². The third-order valence-corrected chi connectivity index (χ3v) is 2.46. The van der Waals surface area contributed by atoms with E-state index in [0.717, 1.165) is 0 Å². The number of amides is 2. The second-order valence-electron chi connectivity index (χ2n) is 5.89. The van der Waals surface area contributed by atoms with Crippen LogP contribution in [0, 0.1) is 5.92 Å². The standard InChI is InChI=1S/C14H26N2O2/c1-8-9-16(11(4)17)12(10(2)3)13(18)15-14(5,6)7/h8,10,12H,1,9H2,2-7H3,(H,15,18). The average Bonchev–Trinajstić information content (AvgIpc) is 2.13. The minimum Gasteiger partial charge on any atom is -0.350 e. The number of nitrogens with one attached hydrogen (secondary N) is 1. The highest BCUT2D eigenvalue weighted by atomic mass is 16.2. The lowest BCUT2D eigenvalue weighted by Gasteiger charge is -2.34. The number of rotatable bonds is 5. The Bertz CT molecular complexity index is 316. The van der Waals surface area contributed by atoms with Crippen LogP contribution in [0.25, 0.3) is 0 Å². The van der Waals surface area contributed by atoms with E-state index in [1.807, 2.05) is 34.6 Å². The van der Waals surface area contributed by atoms with Crippen LogP contribution in [0.1, 0.15) is 41.5 Å². The van der Waals surface area contributed by atoms with Gasteiger partial charge in [0, 0.05) is 19.0 Å². The van der Waals surface area contributed by atoms with E-state index >= 15 is 0 Å². The van der Waals surface area contributed by atoms with Crippen molar-refractivity contribution in [2.24, 2.45) is 5.92 Å². The Hall–Kier alpha value is -1.32. The maximum Gasteiger partial charge on any atom is 0.243 e. The molecule has 1 N–H and O–H groups in total. The van der Waals surface area contributed by atoms with Crippen LogP contribution in [-0.2, 0) is 9.59 Å². The summed E-state index contributed by atoms with van der Waals surface area (Å²) < 4.78 is 0. The zero-order valence-corrected chi connectivity index (χ0v) is 12.4. The van der Waals surface area contributed by atoms with Gasteiger partial charge in [-0.2, -0.15) is 0 Å². The molecule has 18 heavy (non-hydrogen) atoms. The Morgan fingerprint density at radius 1 is 1.33 bits per heavy atom. The molecule has 1 unspecified atom stereocenters. The molecule has 0 rings (SSSR count). The van der Waals surface area contributed by atoms with E-state index in [1.165, 1.54) is 6.92 Å². The van der Waals surface area contributed by atoms with Gasteiger partial charge in [0.2, 0.25) is 11.8 Å². The third kappa shape index (κ3) is 5.34. The fourth-order valence-electron chi connectivity index (χ4n) is 1.82. The maximum absolute atomic E-state index is 12.3. The lowest BCUT2D eigenvalue weighted by atomic mass is 9.99. The Morgan fingerprint density at radius 3 is 2.11 bits per heavy atom. The second kappa shape index (κ2) is 6.57. The normalized spacial score (nSPS) is 13.1. The van der Waals surface area contributed by atoms with Gasteiger partial charge in [0.1, 0.15) is 6.04 Å². The van der Waals surface area contributed by atoms with Gasteiger partial charge in [-0.3, -0.25) is 9.59 Å². The Morgan fingerprint density at radius 2 is 1.83 bits per heavy atom. The molecule has 4 heteroatoms. The second-order valence-corrected chi connectivity index (χ2v) is 5.89. The smallest absolute Gasteiger partial charge is 0.243 e. The summed E-state index contributed by atoms with van der Waals surface area (Å²) in [5, 5.41) is 2.93. The fraction of sp³-hybridized carbons (Fsp3) is 0.714. The number of hydrogen-bond acceptors (Lipinski definition) is 2. The van der Waals surface area contributed by atoms with Gasteiger partial charge >= 0.3 is 0 Å². The SMILES string of the molecule is C=CCN(C(C)=O)C(C(=O)NC(C)(C)C)C(C)C. The number of hydrogen-bond donors (Lipinski definition) is 1. The first kappa shape index (κ1) is 16.7. The fourth-order valence-corrected chi connectivity index (χ4v) is 1.82. The Kier molecular flexibility index (Phi) is 6.09. The lowest BCUT2D eigenvalue weighted by Crippen LogP contribution is -2.55. The van der Waals surface area contributed by atoms with E-state index in [2.05, 4.69) is 11.9 Å². The summed E-state index contributed by atoms with van der Waals surface area (Å²) in [7, 11) is 0. The van der Waals surface area contributed by atoms with Crippen molar-refractivity contribution < 1.29 is 9.59 Å². The molecule has 0 spiro atoms. The molecule has 104 valence electrons. The Labute approximate surface area is 110 Å². The van der Waals surface area contributed by atoms with Crippen LogP contribution >= 0.6 is 0 Å². The molecular weight excluding hydrogens is 228 g/mol. The van der Waals surface area contributed by atoms with Crippen molar-refractivity contribution in [2.45, 2.75) is 53.1 Å². The summed E-state index contributed by atoms with van der Waals surface area (Å²) in [6, 6.07) is -0.459. The average molecular weight is 254 g/mol. The molecule has 0 fully saturated rings. The zero-order valence-electron chi connectivity index (χ0n) is 12.4. The zero-order chi connectivity index (χ0) is 14.5. The first-order valence-electron chi connectivity index (χ1n) is 6.30. The van der Waals surface area contributed by atoms with E-state index in [0.29, 0.717) is 6.54 Å².